The van der Waals surface area contributed by atoms with E-state index in [1.165, 1.54) is 0 Å². The lowest BCUT2D eigenvalue weighted by molar-refractivity contribution is -0.128. The van der Waals surface area contributed by atoms with E-state index in [1.807, 2.05) is 13.8 Å². The van der Waals surface area contributed by atoms with Crippen molar-refractivity contribution in [3.8, 4) is 0 Å². The van der Waals surface area contributed by atoms with Crippen LogP contribution in [0.3, 0.4) is 0 Å². The summed E-state index contributed by atoms with van der Waals surface area (Å²) in [6, 6.07) is 0.0499. The van der Waals surface area contributed by atoms with Gasteiger partial charge in [0.15, 0.2) is 0 Å². The highest BCUT2D eigenvalue weighted by molar-refractivity contribution is 5.80. The Hall–Kier alpha value is -0.570. The Morgan fingerprint density at radius 2 is 2.12 bits per heavy atom. The summed E-state index contributed by atoms with van der Waals surface area (Å²) < 4.78 is 0. The van der Waals surface area contributed by atoms with Crippen LogP contribution in [0.5, 0.6) is 0 Å². The number of nitrogens with one attached hydrogen (secondary N) is 1. The molecule has 1 saturated carbocycles. The molecule has 16 heavy (non-hydrogen) atoms. The van der Waals surface area contributed by atoms with E-state index in [4.69, 9.17) is 5.11 Å². The van der Waals surface area contributed by atoms with Crippen LogP contribution in [0.15, 0.2) is 0 Å². The molecule has 0 heterocycles. The fourth-order valence-electron chi connectivity index (χ4n) is 2.44. The van der Waals surface area contributed by atoms with Crippen LogP contribution in [-0.2, 0) is 4.79 Å². The van der Waals surface area contributed by atoms with Gasteiger partial charge in [-0.1, -0.05) is 27.2 Å². The molecule has 3 nitrogen and oxygen atoms in total. The first kappa shape index (κ1) is 13.5. The summed E-state index contributed by atoms with van der Waals surface area (Å²) in [6.07, 6.45) is 3.28. The van der Waals surface area contributed by atoms with Gasteiger partial charge in [-0.05, 0) is 31.1 Å². The largest absolute Gasteiger partial charge is 0.396 e. The van der Waals surface area contributed by atoms with Crippen LogP contribution >= 0.6 is 0 Å². The lowest BCUT2D eigenvalue weighted by Gasteiger charge is -2.28. The molecule has 94 valence electrons. The molecule has 1 aliphatic carbocycles. The van der Waals surface area contributed by atoms with E-state index in [-0.39, 0.29) is 35.8 Å². The molecule has 1 amide bonds. The van der Waals surface area contributed by atoms with Crippen LogP contribution in [0.25, 0.3) is 0 Å². The smallest absolute Gasteiger partial charge is 0.223 e. The average Bonchev–Trinajstić information content (AvgIpc) is 2.56. The van der Waals surface area contributed by atoms with Crippen LogP contribution in [0, 0.1) is 17.3 Å². The van der Waals surface area contributed by atoms with Gasteiger partial charge in [-0.3, -0.25) is 4.79 Å². The molecule has 1 aliphatic rings. The molecule has 0 aromatic rings. The minimum Gasteiger partial charge on any atom is -0.396 e. The molecule has 3 heteroatoms. The van der Waals surface area contributed by atoms with Crippen molar-refractivity contribution in [3.05, 3.63) is 0 Å². The Labute approximate surface area is 98.6 Å². The van der Waals surface area contributed by atoms with Gasteiger partial charge in [-0.25, -0.2) is 0 Å². The lowest BCUT2D eigenvalue weighted by Crippen LogP contribution is -2.44. The summed E-state index contributed by atoms with van der Waals surface area (Å²) in [5.41, 5.74) is 0.131. The molecule has 0 aromatic carbocycles. The zero-order valence-electron chi connectivity index (χ0n) is 10.9. The van der Waals surface area contributed by atoms with Gasteiger partial charge < -0.3 is 10.4 Å². The van der Waals surface area contributed by atoms with Crippen LogP contribution in [0.1, 0.15) is 47.0 Å². The Morgan fingerprint density at radius 1 is 1.50 bits per heavy atom. The Balaban J connectivity index is 2.52. The van der Waals surface area contributed by atoms with Gasteiger partial charge >= 0.3 is 0 Å². The van der Waals surface area contributed by atoms with E-state index < -0.39 is 0 Å². The van der Waals surface area contributed by atoms with Gasteiger partial charge in [-0.2, -0.15) is 0 Å². The standard InChI is InChI=1S/C13H25NO2/c1-9(8-15)10(2)14-12(16)11-6-5-7-13(11,3)4/h9-11,15H,5-8H2,1-4H3,(H,14,16). The van der Waals surface area contributed by atoms with E-state index >= 15 is 0 Å². The van der Waals surface area contributed by atoms with Gasteiger partial charge in [0.1, 0.15) is 0 Å². The summed E-state index contributed by atoms with van der Waals surface area (Å²) in [5.74, 6) is 0.421. The Morgan fingerprint density at radius 3 is 2.56 bits per heavy atom. The third-order valence-electron chi connectivity index (χ3n) is 4.09. The second-order valence-corrected chi connectivity index (χ2v) is 5.89. The highest BCUT2D eigenvalue weighted by Gasteiger charge is 2.39. The zero-order chi connectivity index (χ0) is 12.3. The minimum absolute atomic E-state index is 0.0499. The molecular formula is C13H25NO2. The van der Waals surface area contributed by atoms with E-state index in [0.717, 1.165) is 19.3 Å². The number of carbonyl (C=O) groups excluding carboxylic acids is 1. The first-order chi connectivity index (χ1) is 7.38. The number of carbonyl (C=O) groups is 1. The predicted octanol–water partition coefficient (Wildman–Crippen LogP) is 1.95. The molecule has 1 rings (SSSR count). The maximum absolute atomic E-state index is 12.1. The van der Waals surface area contributed by atoms with Crippen LogP contribution < -0.4 is 5.32 Å². The molecule has 2 N–H and O–H groups in total. The molecule has 0 radical (unpaired) electrons. The van der Waals surface area contributed by atoms with E-state index in [1.54, 1.807) is 0 Å². The molecule has 0 spiro atoms. The highest BCUT2D eigenvalue weighted by atomic mass is 16.3. The van der Waals surface area contributed by atoms with Crippen molar-refractivity contribution < 1.29 is 9.90 Å². The third-order valence-corrected chi connectivity index (χ3v) is 4.09. The number of hydrogen-bond acceptors (Lipinski definition) is 2. The maximum Gasteiger partial charge on any atom is 0.223 e. The summed E-state index contributed by atoms with van der Waals surface area (Å²) in [4.78, 5) is 12.1. The van der Waals surface area contributed by atoms with Crippen molar-refractivity contribution in [1.82, 2.24) is 5.32 Å². The number of amides is 1. The second-order valence-electron chi connectivity index (χ2n) is 5.89. The van der Waals surface area contributed by atoms with E-state index in [0.29, 0.717) is 0 Å². The highest BCUT2D eigenvalue weighted by Crippen LogP contribution is 2.42. The second kappa shape index (κ2) is 5.17. The summed E-state index contributed by atoms with van der Waals surface area (Å²) >= 11 is 0. The lowest BCUT2D eigenvalue weighted by atomic mass is 9.81. The monoisotopic (exact) mass is 227 g/mol. The van der Waals surface area contributed by atoms with Crippen molar-refractivity contribution in [2.45, 2.75) is 53.0 Å². The van der Waals surface area contributed by atoms with Crippen molar-refractivity contribution in [2.24, 2.45) is 17.3 Å². The van der Waals surface area contributed by atoms with Gasteiger partial charge in [0.25, 0.3) is 0 Å². The molecule has 3 unspecified atom stereocenters. The molecule has 1 fully saturated rings. The first-order valence-corrected chi connectivity index (χ1v) is 6.29. The van der Waals surface area contributed by atoms with E-state index in [9.17, 15) is 4.79 Å². The van der Waals surface area contributed by atoms with Crippen LogP contribution in [-0.4, -0.2) is 23.7 Å². The van der Waals surface area contributed by atoms with Crippen LogP contribution in [0.4, 0.5) is 0 Å². The molecule has 0 bridgehead atoms. The number of aliphatic hydroxyl groups is 1. The van der Waals surface area contributed by atoms with Crippen molar-refractivity contribution in [1.29, 1.82) is 0 Å². The number of hydrogen-bond donors (Lipinski definition) is 2. The van der Waals surface area contributed by atoms with Crippen molar-refractivity contribution in [2.75, 3.05) is 6.61 Å². The Kier molecular flexibility index (Phi) is 4.36. The molecule has 3 atom stereocenters. The SMILES string of the molecule is CC(CO)C(C)NC(=O)C1CCCC1(C)C. The fraction of sp³-hybridized carbons (Fsp3) is 0.923. The zero-order valence-corrected chi connectivity index (χ0v) is 10.9. The van der Waals surface area contributed by atoms with Crippen LogP contribution in [0.2, 0.25) is 0 Å². The van der Waals surface area contributed by atoms with E-state index in [2.05, 4.69) is 19.2 Å². The summed E-state index contributed by atoms with van der Waals surface area (Å²) in [6.45, 7) is 8.37. The minimum atomic E-state index is 0.0499. The molecular weight excluding hydrogens is 202 g/mol. The van der Waals surface area contributed by atoms with Gasteiger partial charge in [0.2, 0.25) is 5.91 Å². The third kappa shape index (κ3) is 2.97. The quantitative estimate of drug-likeness (QED) is 0.771. The van der Waals surface area contributed by atoms with Crippen molar-refractivity contribution in [3.63, 3.8) is 0 Å². The van der Waals surface area contributed by atoms with Gasteiger partial charge in [0.05, 0.1) is 0 Å². The number of rotatable bonds is 4. The summed E-state index contributed by atoms with van der Waals surface area (Å²) in [7, 11) is 0. The maximum atomic E-state index is 12.1. The molecule has 0 saturated heterocycles. The fourth-order valence-corrected chi connectivity index (χ4v) is 2.44. The molecule has 0 aromatic heterocycles. The Bertz CT molecular complexity index is 250. The average molecular weight is 227 g/mol. The van der Waals surface area contributed by atoms with Gasteiger partial charge in [0, 0.05) is 18.6 Å². The number of aliphatic hydroxyl groups excluding tert-OH is 1. The molecule has 0 aliphatic heterocycles. The van der Waals surface area contributed by atoms with Crippen molar-refractivity contribution >= 4 is 5.91 Å². The van der Waals surface area contributed by atoms with Gasteiger partial charge in [-0.15, -0.1) is 0 Å². The normalized spacial score (nSPS) is 27.4. The first-order valence-electron chi connectivity index (χ1n) is 6.29. The summed E-state index contributed by atoms with van der Waals surface area (Å²) in [5, 5.41) is 12.1. The predicted molar refractivity (Wildman–Crippen MR) is 65.0 cm³/mol. The topological polar surface area (TPSA) is 49.3 Å².